The first-order valence-electron chi connectivity index (χ1n) is 4.47. The quantitative estimate of drug-likeness (QED) is 0.694. The van der Waals surface area contributed by atoms with E-state index >= 15 is 0 Å². The third-order valence-corrected chi connectivity index (χ3v) is 2.20. The average molecular weight is 229 g/mol. The molecule has 0 atom stereocenters. The van der Waals surface area contributed by atoms with Crippen LogP contribution in [0.25, 0.3) is 0 Å². The number of carboxylic acid groups (broad SMARTS) is 1. The first-order valence-corrected chi connectivity index (χ1v) is 5.31. The van der Waals surface area contributed by atoms with E-state index in [-0.39, 0.29) is 12.3 Å². The summed E-state index contributed by atoms with van der Waals surface area (Å²) in [5, 5.41) is 16.2. The molecule has 0 aromatic carbocycles. The second-order valence-corrected chi connectivity index (χ2v) is 3.51. The molecule has 0 aliphatic heterocycles. The minimum Gasteiger partial charge on any atom is -0.481 e. The Morgan fingerprint density at radius 2 is 2.27 bits per heavy atom. The first-order chi connectivity index (χ1) is 7.20. The molecule has 1 aromatic heterocycles. The summed E-state index contributed by atoms with van der Waals surface area (Å²) in [5.74, 6) is -1.08. The number of amides is 1. The molecule has 0 aliphatic carbocycles. The summed E-state index contributed by atoms with van der Waals surface area (Å²) in [7, 11) is 0. The molecule has 0 fully saturated rings. The fraction of sp³-hybridized carbons (Fsp3) is 0.500. The third-order valence-electron chi connectivity index (χ3n) is 1.70. The number of nitrogens with zero attached hydrogens (tertiary/aromatic N) is 2. The Kier molecular flexibility index (Phi) is 4.69. The summed E-state index contributed by atoms with van der Waals surface area (Å²) in [6, 6.07) is 0. The van der Waals surface area contributed by atoms with Crippen LogP contribution in [0, 0.1) is 0 Å². The maximum atomic E-state index is 11.3. The van der Waals surface area contributed by atoms with E-state index in [1.54, 1.807) is 5.38 Å². The van der Waals surface area contributed by atoms with Crippen LogP contribution in [0.15, 0.2) is 5.38 Å². The minimum absolute atomic E-state index is 0.133. The largest absolute Gasteiger partial charge is 0.481 e. The minimum atomic E-state index is -0.815. The van der Waals surface area contributed by atoms with Crippen LogP contribution in [0.4, 0.5) is 0 Å². The highest BCUT2D eigenvalue weighted by Crippen LogP contribution is 1.97. The molecule has 0 spiro atoms. The van der Waals surface area contributed by atoms with Crippen molar-refractivity contribution in [3.8, 4) is 0 Å². The number of aromatic nitrogens is 2. The Hall–Kier alpha value is -1.50. The number of carbonyl (C=O) groups is 2. The fourth-order valence-corrected chi connectivity index (χ4v) is 1.39. The number of rotatable bonds is 6. The SMILES string of the molecule is O=C(O)CCCCNC(=O)c1csnn1. The van der Waals surface area contributed by atoms with Gasteiger partial charge in [0.05, 0.1) is 0 Å². The smallest absolute Gasteiger partial charge is 0.303 e. The number of hydrogen-bond acceptors (Lipinski definition) is 5. The van der Waals surface area contributed by atoms with Gasteiger partial charge in [0, 0.05) is 18.3 Å². The molecule has 0 radical (unpaired) electrons. The van der Waals surface area contributed by atoms with Crippen molar-refractivity contribution in [3.05, 3.63) is 11.1 Å². The molecule has 0 saturated carbocycles. The molecule has 1 heterocycles. The molecule has 15 heavy (non-hydrogen) atoms. The Balaban J connectivity index is 2.10. The maximum Gasteiger partial charge on any atom is 0.303 e. The van der Waals surface area contributed by atoms with Crippen LogP contribution in [0.3, 0.4) is 0 Å². The number of nitrogens with one attached hydrogen (secondary N) is 1. The van der Waals surface area contributed by atoms with Gasteiger partial charge in [-0.2, -0.15) is 0 Å². The van der Waals surface area contributed by atoms with Crippen LogP contribution in [0.1, 0.15) is 29.8 Å². The van der Waals surface area contributed by atoms with E-state index in [1.165, 1.54) is 0 Å². The van der Waals surface area contributed by atoms with Crippen molar-refractivity contribution >= 4 is 23.4 Å². The lowest BCUT2D eigenvalue weighted by molar-refractivity contribution is -0.137. The zero-order chi connectivity index (χ0) is 11.1. The van der Waals surface area contributed by atoms with E-state index in [0.29, 0.717) is 25.1 Å². The lowest BCUT2D eigenvalue weighted by atomic mass is 10.2. The highest BCUT2D eigenvalue weighted by atomic mass is 32.1. The van der Waals surface area contributed by atoms with Crippen LogP contribution >= 0.6 is 11.5 Å². The van der Waals surface area contributed by atoms with Crippen molar-refractivity contribution < 1.29 is 14.7 Å². The number of unbranched alkanes of at least 4 members (excludes halogenated alkanes) is 1. The molecule has 7 heteroatoms. The Bertz CT molecular complexity index is 326. The third kappa shape index (κ3) is 4.50. The Labute approximate surface area is 90.5 Å². The summed E-state index contributed by atoms with van der Waals surface area (Å²) in [4.78, 5) is 21.5. The highest BCUT2D eigenvalue weighted by Gasteiger charge is 2.07. The van der Waals surface area contributed by atoms with E-state index in [2.05, 4.69) is 14.9 Å². The van der Waals surface area contributed by atoms with Gasteiger partial charge in [0.2, 0.25) is 0 Å². The number of carbonyl (C=O) groups excluding carboxylic acids is 1. The van der Waals surface area contributed by atoms with Crippen molar-refractivity contribution in [2.24, 2.45) is 0 Å². The van der Waals surface area contributed by atoms with Crippen molar-refractivity contribution in [2.45, 2.75) is 19.3 Å². The van der Waals surface area contributed by atoms with Crippen molar-refractivity contribution in [3.63, 3.8) is 0 Å². The van der Waals surface area contributed by atoms with Gasteiger partial charge >= 0.3 is 5.97 Å². The summed E-state index contributed by atoms with van der Waals surface area (Å²) >= 11 is 1.12. The fourth-order valence-electron chi connectivity index (χ4n) is 0.957. The van der Waals surface area contributed by atoms with E-state index in [4.69, 9.17) is 5.11 Å². The standard InChI is InChI=1S/C8H11N3O3S/c12-7(13)3-1-2-4-9-8(14)6-5-15-11-10-6/h5H,1-4H2,(H,9,14)(H,12,13). The molecule has 0 aliphatic rings. The normalized spacial score (nSPS) is 9.87. The Morgan fingerprint density at radius 1 is 1.47 bits per heavy atom. The molecule has 0 unspecified atom stereocenters. The van der Waals surface area contributed by atoms with Gasteiger partial charge in [0.15, 0.2) is 5.69 Å². The summed E-state index contributed by atoms with van der Waals surface area (Å²) in [6.45, 7) is 0.462. The molecule has 1 rings (SSSR count). The highest BCUT2D eigenvalue weighted by molar-refractivity contribution is 7.03. The molecule has 1 amide bonds. The van der Waals surface area contributed by atoms with E-state index in [0.717, 1.165) is 11.5 Å². The van der Waals surface area contributed by atoms with Gasteiger partial charge in [-0.1, -0.05) is 4.49 Å². The monoisotopic (exact) mass is 229 g/mol. The maximum absolute atomic E-state index is 11.3. The zero-order valence-electron chi connectivity index (χ0n) is 7.97. The molecule has 0 bridgehead atoms. The predicted molar refractivity (Wildman–Crippen MR) is 53.7 cm³/mol. The van der Waals surface area contributed by atoms with Gasteiger partial charge in [-0.25, -0.2) is 0 Å². The number of aliphatic carboxylic acids is 1. The number of hydrogen-bond donors (Lipinski definition) is 2. The molecule has 0 saturated heterocycles. The van der Waals surface area contributed by atoms with Crippen LogP contribution in [0.5, 0.6) is 0 Å². The van der Waals surface area contributed by atoms with Gasteiger partial charge in [-0.05, 0) is 24.4 Å². The van der Waals surface area contributed by atoms with Gasteiger partial charge in [0.1, 0.15) is 0 Å². The van der Waals surface area contributed by atoms with Gasteiger partial charge < -0.3 is 10.4 Å². The van der Waals surface area contributed by atoms with Gasteiger partial charge in [-0.3, -0.25) is 9.59 Å². The van der Waals surface area contributed by atoms with Gasteiger partial charge in [0.25, 0.3) is 5.91 Å². The van der Waals surface area contributed by atoms with Crippen LogP contribution in [-0.4, -0.2) is 33.1 Å². The zero-order valence-corrected chi connectivity index (χ0v) is 8.79. The van der Waals surface area contributed by atoms with Gasteiger partial charge in [-0.15, -0.1) is 5.10 Å². The van der Waals surface area contributed by atoms with E-state index in [9.17, 15) is 9.59 Å². The first kappa shape index (κ1) is 11.6. The summed E-state index contributed by atoms with van der Waals surface area (Å²) in [5.41, 5.74) is 0.304. The molecule has 6 nitrogen and oxygen atoms in total. The second-order valence-electron chi connectivity index (χ2n) is 2.90. The predicted octanol–water partition coefficient (Wildman–Crippen LogP) is 0.523. The molecule has 82 valence electrons. The lowest BCUT2D eigenvalue weighted by Gasteiger charge is -2.01. The van der Waals surface area contributed by atoms with E-state index < -0.39 is 5.97 Å². The summed E-state index contributed by atoms with van der Waals surface area (Å²) in [6.07, 6.45) is 1.34. The molecular formula is C8H11N3O3S. The van der Waals surface area contributed by atoms with Crippen LogP contribution < -0.4 is 5.32 Å². The summed E-state index contributed by atoms with van der Waals surface area (Å²) < 4.78 is 3.56. The molecular weight excluding hydrogens is 218 g/mol. The van der Waals surface area contributed by atoms with Crippen LogP contribution in [-0.2, 0) is 4.79 Å². The topological polar surface area (TPSA) is 92.2 Å². The van der Waals surface area contributed by atoms with Crippen LogP contribution in [0.2, 0.25) is 0 Å². The molecule has 1 aromatic rings. The lowest BCUT2D eigenvalue weighted by Crippen LogP contribution is -2.24. The number of carboxylic acids is 1. The Morgan fingerprint density at radius 3 is 2.87 bits per heavy atom. The van der Waals surface area contributed by atoms with E-state index in [1.807, 2.05) is 0 Å². The average Bonchev–Trinajstić information content (AvgIpc) is 2.69. The van der Waals surface area contributed by atoms with Crippen molar-refractivity contribution in [1.82, 2.24) is 14.9 Å². The van der Waals surface area contributed by atoms with Crippen molar-refractivity contribution in [1.29, 1.82) is 0 Å². The van der Waals surface area contributed by atoms with Crippen molar-refractivity contribution in [2.75, 3.05) is 6.54 Å². The molecule has 2 N–H and O–H groups in total. The second kappa shape index (κ2) is 6.07.